The van der Waals surface area contributed by atoms with Crippen molar-refractivity contribution in [3.05, 3.63) is 18.2 Å². The van der Waals surface area contributed by atoms with Crippen LogP contribution >= 0.6 is 11.8 Å². The molecule has 7 nitrogen and oxygen atoms in total. The number of carbonyl (C=O) groups is 1. The maximum atomic E-state index is 11.9. The second kappa shape index (κ2) is 9.32. The number of ether oxygens (including phenoxy) is 3. The predicted octanol–water partition coefficient (Wildman–Crippen LogP) is 4.12. The summed E-state index contributed by atoms with van der Waals surface area (Å²) in [7, 11) is 4.64. The molecular weight excluding hydrogens is 378 g/mol. The van der Waals surface area contributed by atoms with Gasteiger partial charge in [0.25, 0.3) is 0 Å². The summed E-state index contributed by atoms with van der Waals surface area (Å²) in [5, 5.41) is 9.29. The molecule has 1 aliphatic rings. The van der Waals surface area contributed by atoms with Crippen molar-refractivity contribution in [2.75, 3.05) is 21.3 Å². The van der Waals surface area contributed by atoms with Gasteiger partial charge in [0.2, 0.25) is 0 Å². The lowest BCUT2D eigenvalue weighted by Gasteiger charge is -2.26. The topological polar surface area (TPSA) is 75.5 Å². The van der Waals surface area contributed by atoms with Crippen LogP contribution in [0.3, 0.4) is 0 Å². The van der Waals surface area contributed by atoms with Crippen LogP contribution in [0.4, 0.5) is 0 Å². The molecule has 1 aromatic heterocycles. The van der Waals surface area contributed by atoms with E-state index < -0.39 is 0 Å². The van der Waals surface area contributed by atoms with Crippen LogP contribution in [0.15, 0.2) is 23.4 Å². The fourth-order valence-electron chi connectivity index (χ4n) is 3.57. The van der Waals surface area contributed by atoms with Crippen LogP contribution in [-0.4, -0.2) is 47.3 Å². The molecule has 0 aliphatic heterocycles. The first-order valence-corrected chi connectivity index (χ1v) is 10.4. The number of nitrogens with zero attached hydrogens (tertiary/aromatic N) is 3. The Kier molecular flexibility index (Phi) is 6.83. The van der Waals surface area contributed by atoms with E-state index >= 15 is 0 Å². The Morgan fingerprint density at radius 2 is 1.82 bits per heavy atom. The fraction of sp³-hybridized carbons (Fsp3) is 0.550. The van der Waals surface area contributed by atoms with Crippen LogP contribution in [0.2, 0.25) is 0 Å². The summed E-state index contributed by atoms with van der Waals surface area (Å²) in [5.41, 5.74) is 0.910. The van der Waals surface area contributed by atoms with Gasteiger partial charge in [0, 0.05) is 11.6 Å². The van der Waals surface area contributed by atoms with Gasteiger partial charge in [0.05, 0.1) is 21.3 Å². The standard InChI is InChI=1S/C20H27N3O4S/c1-13(19(24)27-4)28-20-22-21-18(23(20)15-8-6-5-7-9-15)14-10-11-16(25-2)17(12-14)26-3/h10-13,15H,5-9H2,1-4H3/t13-/m1/s1. The number of esters is 1. The van der Waals surface area contributed by atoms with E-state index in [0.717, 1.165) is 29.4 Å². The van der Waals surface area contributed by atoms with Crippen molar-refractivity contribution in [2.45, 2.75) is 55.5 Å². The molecule has 1 aromatic carbocycles. The number of hydrogen-bond donors (Lipinski definition) is 0. The molecule has 0 bridgehead atoms. The average Bonchev–Trinajstić information content (AvgIpc) is 3.16. The van der Waals surface area contributed by atoms with E-state index in [0.29, 0.717) is 17.5 Å². The second-order valence-electron chi connectivity index (χ2n) is 6.82. The Bertz CT molecular complexity index is 818. The molecule has 1 aliphatic carbocycles. The Balaban J connectivity index is 2.02. The van der Waals surface area contributed by atoms with Crippen LogP contribution in [0.1, 0.15) is 45.1 Å². The van der Waals surface area contributed by atoms with Crippen LogP contribution in [0.25, 0.3) is 11.4 Å². The normalized spacial score (nSPS) is 15.9. The van der Waals surface area contributed by atoms with Crippen molar-refractivity contribution in [1.29, 1.82) is 0 Å². The Hall–Kier alpha value is -2.22. The van der Waals surface area contributed by atoms with Crippen molar-refractivity contribution >= 4 is 17.7 Å². The first-order valence-electron chi connectivity index (χ1n) is 9.50. The van der Waals surface area contributed by atoms with Gasteiger partial charge in [-0.2, -0.15) is 0 Å². The number of thioether (sulfide) groups is 1. The Morgan fingerprint density at radius 1 is 1.11 bits per heavy atom. The van der Waals surface area contributed by atoms with Gasteiger partial charge in [-0.1, -0.05) is 31.0 Å². The van der Waals surface area contributed by atoms with E-state index in [4.69, 9.17) is 14.2 Å². The van der Waals surface area contributed by atoms with Crippen molar-refractivity contribution in [3.8, 4) is 22.9 Å². The highest BCUT2D eigenvalue weighted by Crippen LogP contribution is 2.38. The van der Waals surface area contributed by atoms with E-state index in [-0.39, 0.29) is 11.2 Å². The largest absolute Gasteiger partial charge is 0.493 e. The Morgan fingerprint density at radius 3 is 2.46 bits per heavy atom. The summed E-state index contributed by atoms with van der Waals surface area (Å²) in [6.45, 7) is 1.83. The third-order valence-electron chi connectivity index (χ3n) is 5.06. The third-order valence-corrected chi connectivity index (χ3v) is 6.10. The molecule has 0 amide bonds. The van der Waals surface area contributed by atoms with Gasteiger partial charge in [-0.25, -0.2) is 0 Å². The quantitative estimate of drug-likeness (QED) is 0.506. The second-order valence-corrected chi connectivity index (χ2v) is 8.13. The molecule has 8 heteroatoms. The smallest absolute Gasteiger partial charge is 0.318 e. The van der Waals surface area contributed by atoms with Crippen LogP contribution in [0.5, 0.6) is 11.5 Å². The lowest BCUT2D eigenvalue weighted by Crippen LogP contribution is -2.18. The molecule has 152 valence electrons. The number of benzene rings is 1. The molecule has 1 atom stereocenters. The van der Waals surface area contributed by atoms with E-state index in [2.05, 4.69) is 14.8 Å². The molecule has 1 fully saturated rings. The molecule has 3 rings (SSSR count). The van der Waals surface area contributed by atoms with Gasteiger partial charge < -0.3 is 14.2 Å². The van der Waals surface area contributed by atoms with E-state index in [9.17, 15) is 4.79 Å². The lowest BCUT2D eigenvalue weighted by molar-refractivity contribution is -0.139. The highest BCUT2D eigenvalue weighted by molar-refractivity contribution is 8.00. The summed E-state index contributed by atoms with van der Waals surface area (Å²) in [6.07, 6.45) is 5.79. The molecule has 0 spiro atoms. The number of aromatic nitrogens is 3. The molecule has 0 unspecified atom stereocenters. The molecule has 2 aromatic rings. The zero-order valence-electron chi connectivity index (χ0n) is 16.8. The first kappa shape index (κ1) is 20.5. The monoisotopic (exact) mass is 405 g/mol. The SMILES string of the molecule is COC(=O)[C@@H](C)Sc1nnc(-c2ccc(OC)c(OC)c2)n1C1CCCCC1. The van der Waals surface area contributed by atoms with Gasteiger partial charge in [0.15, 0.2) is 22.5 Å². The van der Waals surface area contributed by atoms with Gasteiger partial charge in [0.1, 0.15) is 5.25 Å². The molecule has 1 heterocycles. The highest BCUT2D eigenvalue weighted by Gasteiger charge is 2.27. The number of hydrogen-bond acceptors (Lipinski definition) is 7. The van der Waals surface area contributed by atoms with Gasteiger partial charge in [-0.15, -0.1) is 10.2 Å². The zero-order chi connectivity index (χ0) is 20.1. The molecule has 28 heavy (non-hydrogen) atoms. The average molecular weight is 406 g/mol. The number of rotatable bonds is 7. The summed E-state index contributed by atoms with van der Waals surface area (Å²) in [5.74, 6) is 1.84. The first-order chi connectivity index (χ1) is 13.6. The lowest BCUT2D eigenvalue weighted by atomic mass is 9.95. The van der Waals surface area contributed by atoms with Gasteiger partial charge >= 0.3 is 5.97 Å². The molecule has 0 saturated heterocycles. The molecule has 0 N–H and O–H groups in total. The van der Waals surface area contributed by atoms with Crippen LogP contribution < -0.4 is 9.47 Å². The van der Waals surface area contributed by atoms with Gasteiger partial charge in [-0.05, 0) is 38.0 Å². The minimum absolute atomic E-state index is 0.268. The predicted molar refractivity (Wildman–Crippen MR) is 108 cm³/mol. The number of methoxy groups -OCH3 is 3. The van der Waals surface area contributed by atoms with E-state index in [1.807, 2.05) is 25.1 Å². The molecule has 0 radical (unpaired) electrons. The van der Waals surface area contributed by atoms with Gasteiger partial charge in [-0.3, -0.25) is 9.36 Å². The summed E-state index contributed by atoms with van der Waals surface area (Å²) >= 11 is 1.39. The minimum Gasteiger partial charge on any atom is -0.493 e. The summed E-state index contributed by atoms with van der Waals surface area (Å²) in [4.78, 5) is 11.9. The Labute approximate surface area is 169 Å². The minimum atomic E-state index is -0.352. The van der Waals surface area contributed by atoms with Crippen LogP contribution in [0, 0.1) is 0 Å². The van der Waals surface area contributed by atoms with Crippen molar-refractivity contribution in [2.24, 2.45) is 0 Å². The highest BCUT2D eigenvalue weighted by atomic mass is 32.2. The maximum Gasteiger partial charge on any atom is 0.318 e. The zero-order valence-corrected chi connectivity index (χ0v) is 17.6. The fourth-order valence-corrected chi connectivity index (χ4v) is 4.52. The summed E-state index contributed by atoms with van der Waals surface area (Å²) < 4.78 is 17.9. The van der Waals surface area contributed by atoms with Crippen molar-refractivity contribution < 1.29 is 19.0 Å². The third kappa shape index (κ3) is 4.27. The van der Waals surface area contributed by atoms with Crippen LogP contribution in [-0.2, 0) is 9.53 Å². The maximum absolute atomic E-state index is 11.9. The van der Waals surface area contributed by atoms with Crippen molar-refractivity contribution in [3.63, 3.8) is 0 Å². The molecular formula is C20H27N3O4S. The summed E-state index contributed by atoms with van der Waals surface area (Å²) in [6, 6.07) is 6.07. The molecule has 1 saturated carbocycles. The van der Waals surface area contributed by atoms with Crippen molar-refractivity contribution in [1.82, 2.24) is 14.8 Å². The van der Waals surface area contributed by atoms with E-state index in [1.54, 1.807) is 14.2 Å². The van der Waals surface area contributed by atoms with E-state index in [1.165, 1.54) is 38.1 Å². The number of carbonyl (C=O) groups excluding carboxylic acids is 1.